The fraction of sp³-hybridized carbons (Fsp3) is 0.0667. The average molecular weight is 248 g/mol. The SMILES string of the molecule is Nc1cccc(C#CCc2ccn3nccc3n2)c1. The normalized spacial score (nSPS) is 10.1. The van der Waals surface area contributed by atoms with Gasteiger partial charge in [0.15, 0.2) is 5.65 Å². The average Bonchev–Trinajstić information content (AvgIpc) is 2.86. The van der Waals surface area contributed by atoms with Gasteiger partial charge in [0.2, 0.25) is 0 Å². The van der Waals surface area contributed by atoms with E-state index in [2.05, 4.69) is 21.9 Å². The Kier molecular flexibility index (Phi) is 2.87. The van der Waals surface area contributed by atoms with Crippen molar-refractivity contribution in [1.82, 2.24) is 14.6 Å². The summed E-state index contributed by atoms with van der Waals surface area (Å²) in [5.41, 5.74) is 9.12. The van der Waals surface area contributed by atoms with Gasteiger partial charge in [-0.15, -0.1) is 0 Å². The second-order valence-electron chi connectivity index (χ2n) is 4.16. The fourth-order valence-electron chi connectivity index (χ4n) is 1.80. The van der Waals surface area contributed by atoms with Gasteiger partial charge in [0.25, 0.3) is 0 Å². The van der Waals surface area contributed by atoms with E-state index in [1.807, 2.05) is 42.6 Å². The topological polar surface area (TPSA) is 56.2 Å². The molecule has 92 valence electrons. The molecule has 3 aromatic rings. The van der Waals surface area contributed by atoms with Crippen LogP contribution in [0.15, 0.2) is 48.8 Å². The number of benzene rings is 1. The molecular formula is C15H12N4. The van der Waals surface area contributed by atoms with Crippen molar-refractivity contribution in [3.8, 4) is 11.8 Å². The molecule has 0 aliphatic carbocycles. The molecule has 0 atom stereocenters. The minimum atomic E-state index is 0.608. The van der Waals surface area contributed by atoms with Crippen molar-refractivity contribution in [3.05, 3.63) is 60.0 Å². The third-order valence-electron chi connectivity index (χ3n) is 2.70. The van der Waals surface area contributed by atoms with Crippen LogP contribution in [0, 0.1) is 11.8 Å². The molecule has 0 spiro atoms. The highest BCUT2D eigenvalue weighted by molar-refractivity contribution is 5.47. The van der Waals surface area contributed by atoms with Crippen LogP contribution in [0.4, 0.5) is 5.69 Å². The van der Waals surface area contributed by atoms with Gasteiger partial charge in [-0.2, -0.15) is 5.10 Å². The van der Waals surface area contributed by atoms with E-state index in [1.165, 1.54) is 0 Å². The van der Waals surface area contributed by atoms with Crippen LogP contribution in [0.1, 0.15) is 11.3 Å². The standard InChI is InChI=1S/C15H12N4/c16-13-5-1-3-12(11-13)4-2-6-14-8-10-19-15(18-14)7-9-17-19/h1,3,5,7-11H,6,16H2. The first-order chi connectivity index (χ1) is 9.31. The minimum Gasteiger partial charge on any atom is -0.399 e. The van der Waals surface area contributed by atoms with Gasteiger partial charge in [-0.25, -0.2) is 9.50 Å². The molecule has 4 heteroatoms. The zero-order valence-electron chi connectivity index (χ0n) is 10.2. The van der Waals surface area contributed by atoms with Gasteiger partial charge in [0, 0.05) is 23.5 Å². The van der Waals surface area contributed by atoms with Crippen LogP contribution in [0.25, 0.3) is 5.65 Å². The summed E-state index contributed by atoms with van der Waals surface area (Å²) in [4.78, 5) is 4.46. The van der Waals surface area contributed by atoms with Crippen LogP contribution >= 0.6 is 0 Å². The summed E-state index contributed by atoms with van der Waals surface area (Å²) in [6.07, 6.45) is 4.22. The number of hydrogen-bond acceptors (Lipinski definition) is 3. The molecule has 0 unspecified atom stereocenters. The van der Waals surface area contributed by atoms with Crippen LogP contribution < -0.4 is 5.73 Å². The lowest BCUT2D eigenvalue weighted by Crippen LogP contribution is -1.94. The number of hydrogen-bond donors (Lipinski definition) is 1. The Morgan fingerprint density at radius 2 is 2.16 bits per heavy atom. The van der Waals surface area contributed by atoms with Gasteiger partial charge < -0.3 is 5.73 Å². The Balaban J connectivity index is 1.79. The van der Waals surface area contributed by atoms with E-state index in [1.54, 1.807) is 10.7 Å². The van der Waals surface area contributed by atoms with Crippen LogP contribution in [-0.4, -0.2) is 14.6 Å². The molecule has 2 heterocycles. The van der Waals surface area contributed by atoms with Crippen molar-refractivity contribution in [1.29, 1.82) is 0 Å². The van der Waals surface area contributed by atoms with Crippen molar-refractivity contribution in [2.45, 2.75) is 6.42 Å². The quantitative estimate of drug-likeness (QED) is 0.528. The van der Waals surface area contributed by atoms with Crippen molar-refractivity contribution in [2.24, 2.45) is 0 Å². The van der Waals surface area contributed by atoms with Crippen LogP contribution in [0.3, 0.4) is 0 Å². The number of nitrogens with two attached hydrogens (primary N) is 1. The second-order valence-corrected chi connectivity index (χ2v) is 4.16. The Morgan fingerprint density at radius 1 is 1.21 bits per heavy atom. The number of fused-ring (bicyclic) bond motifs is 1. The first-order valence-electron chi connectivity index (χ1n) is 5.95. The Morgan fingerprint density at radius 3 is 3.05 bits per heavy atom. The molecule has 3 rings (SSSR count). The highest BCUT2D eigenvalue weighted by atomic mass is 15.2. The second kappa shape index (κ2) is 4.83. The molecule has 0 bridgehead atoms. The molecule has 2 aromatic heterocycles. The monoisotopic (exact) mass is 248 g/mol. The van der Waals surface area contributed by atoms with E-state index in [4.69, 9.17) is 5.73 Å². The number of aromatic nitrogens is 3. The third kappa shape index (κ3) is 2.55. The summed E-state index contributed by atoms with van der Waals surface area (Å²) < 4.78 is 1.73. The summed E-state index contributed by atoms with van der Waals surface area (Å²) >= 11 is 0. The number of nitrogens with zero attached hydrogens (tertiary/aromatic N) is 3. The van der Waals surface area contributed by atoms with Crippen LogP contribution in [-0.2, 0) is 6.42 Å². The zero-order chi connectivity index (χ0) is 13.1. The van der Waals surface area contributed by atoms with Gasteiger partial charge in [-0.3, -0.25) is 0 Å². The fourth-order valence-corrected chi connectivity index (χ4v) is 1.80. The molecule has 0 saturated carbocycles. The van der Waals surface area contributed by atoms with Gasteiger partial charge in [-0.1, -0.05) is 17.9 Å². The number of rotatable bonds is 1. The number of nitrogen functional groups attached to an aromatic ring is 1. The smallest absolute Gasteiger partial charge is 0.155 e. The van der Waals surface area contributed by atoms with Gasteiger partial charge in [0.1, 0.15) is 0 Å². The minimum absolute atomic E-state index is 0.608. The van der Waals surface area contributed by atoms with Gasteiger partial charge in [0.05, 0.1) is 18.3 Å². The van der Waals surface area contributed by atoms with E-state index in [-0.39, 0.29) is 0 Å². The van der Waals surface area contributed by atoms with Crippen molar-refractivity contribution >= 4 is 11.3 Å². The maximum absolute atomic E-state index is 5.70. The van der Waals surface area contributed by atoms with Crippen molar-refractivity contribution < 1.29 is 0 Å². The van der Waals surface area contributed by atoms with E-state index in [0.717, 1.165) is 22.6 Å². The predicted octanol–water partition coefficient (Wildman–Crippen LogP) is 1.91. The van der Waals surface area contributed by atoms with Crippen LogP contribution in [0.5, 0.6) is 0 Å². The first kappa shape index (κ1) is 11.3. The van der Waals surface area contributed by atoms with Crippen LogP contribution in [0.2, 0.25) is 0 Å². The highest BCUT2D eigenvalue weighted by Gasteiger charge is 1.96. The Labute approximate surface area is 110 Å². The molecule has 0 aliphatic rings. The van der Waals surface area contributed by atoms with Gasteiger partial charge >= 0.3 is 0 Å². The summed E-state index contributed by atoms with van der Waals surface area (Å²) in [6.45, 7) is 0. The lowest BCUT2D eigenvalue weighted by Gasteiger charge is -1.96. The Bertz CT molecular complexity index is 777. The lowest BCUT2D eigenvalue weighted by molar-refractivity contribution is 0.924. The van der Waals surface area contributed by atoms with Crippen molar-refractivity contribution in [3.63, 3.8) is 0 Å². The molecule has 0 aliphatic heterocycles. The summed E-state index contributed by atoms with van der Waals surface area (Å²) in [6, 6.07) is 11.3. The molecule has 2 N–H and O–H groups in total. The molecule has 4 nitrogen and oxygen atoms in total. The molecule has 0 amide bonds. The Hall–Kier alpha value is -2.80. The zero-order valence-corrected chi connectivity index (χ0v) is 10.2. The number of anilines is 1. The summed E-state index contributed by atoms with van der Waals surface area (Å²) in [5.74, 6) is 6.19. The molecule has 0 radical (unpaired) electrons. The molecule has 19 heavy (non-hydrogen) atoms. The van der Waals surface area contributed by atoms with Crippen molar-refractivity contribution in [2.75, 3.05) is 5.73 Å². The highest BCUT2D eigenvalue weighted by Crippen LogP contribution is 2.05. The summed E-state index contributed by atoms with van der Waals surface area (Å²) in [5, 5.41) is 4.10. The molecular weight excluding hydrogens is 236 g/mol. The maximum atomic E-state index is 5.70. The largest absolute Gasteiger partial charge is 0.399 e. The van der Waals surface area contributed by atoms with E-state index < -0.39 is 0 Å². The summed E-state index contributed by atoms with van der Waals surface area (Å²) in [7, 11) is 0. The molecule has 0 saturated heterocycles. The third-order valence-corrected chi connectivity index (χ3v) is 2.70. The van der Waals surface area contributed by atoms with E-state index in [0.29, 0.717) is 6.42 Å². The maximum Gasteiger partial charge on any atom is 0.155 e. The van der Waals surface area contributed by atoms with Gasteiger partial charge in [-0.05, 0) is 24.3 Å². The first-order valence-corrected chi connectivity index (χ1v) is 5.95. The molecule has 0 fully saturated rings. The molecule has 1 aromatic carbocycles. The van der Waals surface area contributed by atoms with E-state index in [9.17, 15) is 0 Å². The predicted molar refractivity (Wildman–Crippen MR) is 74.4 cm³/mol. The lowest BCUT2D eigenvalue weighted by atomic mass is 10.2. The van der Waals surface area contributed by atoms with E-state index >= 15 is 0 Å².